The van der Waals surface area contributed by atoms with Gasteiger partial charge in [-0.25, -0.2) is 0 Å². The van der Waals surface area contributed by atoms with Gasteiger partial charge in [-0.15, -0.1) is 0 Å². The summed E-state index contributed by atoms with van der Waals surface area (Å²) in [4.78, 5) is 25.3. The van der Waals surface area contributed by atoms with Crippen LogP contribution in [0.1, 0.15) is 39.5 Å². The third kappa shape index (κ3) is 4.28. The largest absolute Gasteiger partial charge is 0.303 e. The number of nitrogens with zero attached hydrogens (tertiary/aromatic N) is 1. The molecule has 2 aliphatic heterocycles. The Morgan fingerprint density at radius 2 is 1.95 bits per heavy atom. The lowest BCUT2D eigenvalue weighted by Crippen LogP contribution is -2.55. The molecule has 5 heteroatoms. The van der Waals surface area contributed by atoms with E-state index in [0.717, 1.165) is 32.5 Å². The molecule has 2 fully saturated rings. The Kier molecular flexibility index (Phi) is 4.93. The van der Waals surface area contributed by atoms with E-state index in [2.05, 4.69) is 29.4 Å². The van der Waals surface area contributed by atoms with Crippen molar-refractivity contribution in [2.75, 3.05) is 19.6 Å². The van der Waals surface area contributed by atoms with E-state index in [-0.39, 0.29) is 17.9 Å². The quantitative estimate of drug-likeness (QED) is 0.728. The van der Waals surface area contributed by atoms with Gasteiger partial charge in [0.1, 0.15) is 0 Å². The van der Waals surface area contributed by atoms with E-state index in [1.165, 1.54) is 0 Å². The number of carbonyl (C=O) groups excluding carboxylic acids is 2. The number of rotatable bonds is 4. The maximum atomic E-state index is 11.7. The van der Waals surface area contributed by atoms with Crippen LogP contribution in [0.2, 0.25) is 0 Å². The van der Waals surface area contributed by atoms with E-state index < -0.39 is 0 Å². The first-order chi connectivity index (χ1) is 9.04. The number of piperidine rings is 2. The molecule has 0 aromatic rings. The molecule has 2 amide bonds. The van der Waals surface area contributed by atoms with Crippen LogP contribution in [0.25, 0.3) is 0 Å². The lowest BCUT2D eigenvalue weighted by atomic mass is 9.99. The SMILES string of the molecule is CC(C)CN1CCC(NC2CCC(=O)NC2=O)CC1. The third-order valence-electron chi connectivity index (χ3n) is 3.89. The second kappa shape index (κ2) is 6.48. The fourth-order valence-electron chi connectivity index (χ4n) is 2.94. The van der Waals surface area contributed by atoms with Gasteiger partial charge in [0.15, 0.2) is 0 Å². The van der Waals surface area contributed by atoms with Crippen molar-refractivity contribution in [3.05, 3.63) is 0 Å². The van der Waals surface area contributed by atoms with Gasteiger partial charge in [-0.05, 0) is 38.3 Å². The van der Waals surface area contributed by atoms with Crippen LogP contribution < -0.4 is 10.6 Å². The molecule has 0 saturated carbocycles. The van der Waals surface area contributed by atoms with Crippen molar-refractivity contribution in [3.8, 4) is 0 Å². The molecule has 2 saturated heterocycles. The van der Waals surface area contributed by atoms with Gasteiger partial charge in [0.2, 0.25) is 11.8 Å². The molecular weight excluding hydrogens is 242 g/mol. The zero-order chi connectivity index (χ0) is 13.8. The molecule has 108 valence electrons. The Labute approximate surface area is 115 Å². The highest BCUT2D eigenvalue weighted by atomic mass is 16.2. The van der Waals surface area contributed by atoms with Crippen LogP contribution in [0.3, 0.4) is 0 Å². The molecule has 0 radical (unpaired) electrons. The minimum Gasteiger partial charge on any atom is -0.303 e. The van der Waals surface area contributed by atoms with E-state index in [0.29, 0.717) is 24.8 Å². The van der Waals surface area contributed by atoms with E-state index in [1.807, 2.05) is 0 Å². The van der Waals surface area contributed by atoms with Crippen molar-refractivity contribution in [2.24, 2.45) is 5.92 Å². The molecule has 0 aromatic heterocycles. The average Bonchev–Trinajstić information content (AvgIpc) is 2.34. The predicted octanol–water partition coefficient (Wildman–Crippen LogP) is 0.502. The monoisotopic (exact) mass is 267 g/mol. The van der Waals surface area contributed by atoms with Gasteiger partial charge in [-0.2, -0.15) is 0 Å². The predicted molar refractivity (Wildman–Crippen MR) is 73.6 cm³/mol. The number of likely N-dealkylation sites (tertiary alicyclic amines) is 1. The Morgan fingerprint density at radius 1 is 1.26 bits per heavy atom. The van der Waals surface area contributed by atoms with Gasteiger partial charge in [0.05, 0.1) is 6.04 Å². The molecule has 0 aromatic carbocycles. The number of amides is 2. The fraction of sp³-hybridized carbons (Fsp3) is 0.857. The van der Waals surface area contributed by atoms with Crippen molar-refractivity contribution in [1.82, 2.24) is 15.5 Å². The van der Waals surface area contributed by atoms with Gasteiger partial charge in [-0.1, -0.05) is 13.8 Å². The second-order valence-electron chi connectivity index (χ2n) is 6.14. The summed E-state index contributed by atoms with van der Waals surface area (Å²) in [6.45, 7) is 7.85. The first kappa shape index (κ1) is 14.5. The highest BCUT2D eigenvalue weighted by Crippen LogP contribution is 2.14. The minimum absolute atomic E-state index is 0.144. The van der Waals surface area contributed by atoms with Crippen LogP contribution in [0.4, 0.5) is 0 Å². The molecule has 2 rings (SSSR count). The molecule has 2 heterocycles. The van der Waals surface area contributed by atoms with Crippen molar-refractivity contribution in [3.63, 3.8) is 0 Å². The number of hydrogen-bond acceptors (Lipinski definition) is 4. The zero-order valence-electron chi connectivity index (χ0n) is 11.9. The highest BCUT2D eigenvalue weighted by Gasteiger charge is 2.29. The normalized spacial score (nSPS) is 26.8. The van der Waals surface area contributed by atoms with Gasteiger partial charge >= 0.3 is 0 Å². The Balaban J connectivity index is 1.73. The molecular formula is C14H25N3O2. The van der Waals surface area contributed by atoms with Crippen molar-refractivity contribution < 1.29 is 9.59 Å². The average molecular weight is 267 g/mol. The van der Waals surface area contributed by atoms with E-state index in [1.54, 1.807) is 0 Å². The topological polar surface area (TPSA) is 61.4 Å². The number of hydrogen-bond donors (Lipinski definition) is 2. The molecule has 2 aliphatic rings. The smallest absolute Gasteiger partial charge is 0.243 e. The number of nitrogens with one attached hydrogen (secondary N) is 2. The molecule has 1 atom stereocenters. The zero-order valence-corrected chi connectivity index (χ0v) is 11.9. The van der Waals surface area contributed by atoms with Crippen LogP contribution in [0.5, 0.6) is 0 Å². The van der Waals surface area contributed by atoms with E-state index >= 15 is 0 Å². The van der Waals surface area contributed by atoms with Crippen LogP contribution in [-0.2, 0) is 9.59 Å². The standard InChI is InChI=1S/C14H25N3O2/c1-10(2)9-17-7-5-11(6-8-17)15-12-3-4-13(18)16-14(12)19/h10-12,15H,3-9H2,1-2H3,(H,16,18,19). The summed E-state index contributed by atoms with van der Waals surface area (Å²) in [6.07, 6.45) is 3.27. The Morgan fingerprint density at radius 3 is 2.53 bits per heavy atom. The van der Waals surface area contributed by atoms with Crippen LogP contribution in [-0.4, -0.2) is 48.4 Å². The highest BCUT2D eigenvalue weighted by molar-refractivity contribution is 6.00. The number of imide groups is 1. The minimum atomic E-state index is -0.181. The maximum Gasteiger partial charge on any atom is 0.243 e. The van der Waals surface area contributed by atoms with Gasteiger partial charge in [-0.3, -0.25) is 14.9 Å². The lowest BCUT2D eigenvalue weighted by molar-refractivity contribution is -0.135. The lowest BCUT2D eigenvalue weighted by Gasteiger charge is -2.35. The van der Waals surface area contributed by atoms with Gasteiger partial charge in [0, 0.05) is 19.0 Å². The Hall–Kier alpha value is -0.940. The van der Waals surface area contributed by atoms with Crippen LogP contribution in [0, 0.1) is 5.92 Å². The molecule has 0 bridgehead atoms. The molecule has 0 aliphatic carbocycles. The van der Waals surface area contributed by atoms with E-state index in [9.17, 15) is 9.59 Å². The van der Waals surface area contributed by atoms with Crippen LogP contribution >= 0.6 is 0 Å². The van der Waals surface area contributed by atoms with Gasteiger partial charge in [0.25, 0.3) is 0 Å². The molecule has 1 unspecified atom stereocenters. The molecule has 0 spiro atoms. The summed E-state index contributed by atoms with van der Waals surface area (Å²) >= 11 is 0. The molecule has 2 N–H and O–H groups in total. The van der Waals surface area contributed by atoms with Crippen molar-refractivity contribution in [1.29, 1.82) is 0 Å². The van der Waals surface area contributed by atoms with E-state index in [4.69, 9.17) is 0 Å². The third-order valence-corrected chi connectivity index (χ3v) is 3.89. The molecule has 5 nitrogen and oxygen atoms in total. The second-order valence-corrected chi connectivity index (χ2v) is 6.14. The van der Waals surface area contributed by atoms with Crippen molar-refractivity contribution >= 4 is 11.8 Å². The first-order valence-electron chi connectivity index (χ1n) is 7.36. The summed E-state index contributed by atoms with van der Waals surface area (Å²) < 4.78 is 0. The summed E-state index contributed by atoms with van der Waals surface area (Å²) in [7, 11) is 0. The summed E-state index contributed by atoms with van der Waals surface area (Å²) in [5.74, 6) is 0.412. The number of carbonyl (C=O) groups is 2. The van der Waals surface area contributed by atoms with Crippen LogP contribution in [0.15, 0.2) is 0 Å². The van der Waals surface area contributed by atoms with Gasteiger partial charge < -0.3 is 10.2 Å². The fourth-order valence-corrected chi connectivity index (χ4v) is 2.94. The summed E-state index contributed by atoms with van der Waals surface area (Å²) in [6, 6.07) is 0.228. The maximum absolute atomic E-state index is 11.7. The first-order valence-corrected chi connectivity index (χ1v) is 7.36. The summed E-state index contributed by atoms with van der Waals surface area (Å²) in [5.41, 5.74) is 0. The summed E-state index contributed by atoms with van der Waals surface area (Å²) in [5, 5.41) is 5.81. The van der Waals surface area contributed by atoms with Crippen molar-refractivity contribution in [2.45, 2.75) is 51.6 Å². The Bertz CT molecular complexity index is 336. The molecule has 19 heavy (non-hydrogen) atoms.